The summed E-state index contributed by atoms with van der Waals surface area (Å²) in [5.74, 6) is -0.335. The van der Waals surface area contributed by atoms with Crippen molar-refractivity contribution in [2.24, 2.45) is 0 Å². The number of hydrogen-bond acceptors (Lipinski definition) is 4. The minimum Gasteiger partial charge on any atom is -0.465 e. The maximum absolute atomic E-state index is 11.5. The Bertz CT molecular complexity index is 365. The van der Waals surface area contributed by atoms with E-state index in [0.29, 0.717) is 25.1 Å². The third-order valence-electron chi connectivity index (χ3n) is 2.59. The van der Waals surface area contributed by atoms with Crippen molar-refractivity contribution >= 4 is 5.97 Å². The molecule has 0 aliphatic heterocycles. The SMILES string of the molecule is CCC(O)CNCc1ccccc1C(=O)OC. The van der Waals surface area contributed by atoms with E-state index in [1.54, 1.807) is 12.1 Å². The van der Waals surface area contributed by atoms with Gasteiger partial charge in [0.15, 0.2) is 0 Å². The number of methoxy groups -OCH3 is 1. The van der Waals surface area contributed by atoms with Gasteiger partial charge < -0.3 is 15.2 Å². The Morgan fingerprint density at radius 1 is 1.47 bits per heavy atom. The number of ether oxygens (including phenoxy) is 1. The molecule has 1 rings (SSSR count). The molecule has 0 aliphatic carbocycles. The van der Waals surface area contributed by atoms with Crippen molar-refractivity contribution in [3.8, 4) is 0 Å². The third-order valence-corrected chi connectivity index (χ3v) is 2.59. The van der Waals surface area contributed by atoms with Crippen LogP contribution in [0.25, 0.3) is 0 Å². The zero-order valence-electron chi connectivity index (χ0n) is 10.3. The molecular formula is C13H19NO3. The first kappa shape index (κ1) is 13.7. The van der Waals surface area contributed by atoms with Gasteiger partial charge in [0.05, 0.1) is 18.8 Å². The molecule has 1 aromatic rings. The van der Waals surface area contributed by atoms with E-state index in [1.807, 2.05) is 19.1 Å². The summed E-state index contributed by atoms with van der Waals surface area (Å²) in [6.07, 6.45) is 0.367. The Hall–Kier alpha value is -1.39. The number of esters is 1. The first-order chi connectivity index (χ1) is 8.19. The molecule has 0 radical (unpaired) electrons. The molecule has 0 heterocycles. The number of benzene rings is 1. The van der Waals surface area contributed by atoms with Crippen LogP contribution in [0, 0.1) is 0 Å². The van der Waals surface area contributed by atoms with Gasteiger partial charge >= 0.3 is 5.97 Å². The Morgan fingerprint density at radius 3 is 2.82 bits per heavy atom. The van der Waals surface area contributed by atoms with E-state index in [2.05, 4.69) is 5.32 Å². The van der Waals surface area contributed by atoms with Crippen LogP contribution in [0.3, 0.4) is 0 Å². The van der Waals surface area contributed by atoms with Gasteiger partial charge in [-0.1, -0.05) is 25.1 Å². The monoisotopic (exact) mass is 237 g/mol. The van der Waals surface area contributed by atoms with E-state index in [0.717, 1.165) is 5.56 Å². The third kappa shape index (κ3) is 4.17. The van der Waals surface area contributed by atoms with Crippen molar-refractivity contribution in [1.82, 2.24) is 5.32 Å². The largest absolute Gasteiger partial charge is 0.465 e. The topological polar surface area (TPSA) is 58.6 Å². The molecule has 0 aromatic heterocycles. The van der Waals surface area contributed by atoms with E-state index in [4.69, 9.17) is 4.74 Å². The van der Waals surface area contributed by atoms with Gasteiger partial charge in [-0.15, -0.1) is 0 Å². The molecule has 0 bridgehead atoms. The first-order valence-corrected chi connectivity index (χ1v) is 5.74. The average Bonchev–Trinajstić information content (AvgIpc) is 2.38. The summed E-state index contributed by atoms with van der Waals surface area (Å²) in [5, 5.41) is 12.5. The highest BCUT2D eigenvalue weighted by Gasteiger charge is 2.10. The fourth-order valence-corrected chi connectivity index (χ4v) is 1.50. The molecule has 2 N–H and O–H groups in total. The van der Waals surface area contributed by atoms with Crippen molar-refractivity contribution in [2.75, 3.05) is 13.7 Å². The molecule has 1 unspecified atom stereocenters. The van der Waals surface area contributed by atoms with E-state index >= 15 is 0 Å². The Balaban J connectivity index is 2.61. The Morgan fingerprint density at radius 2 is 2.18 bits per heavy atom. The fraction of sp³-hybridized carbons (Fsp3) is 0.462. The number of aliphatic hydroxyl groups excluding tert-OH is 1. The first-order valence-electron chi connectivity index (χ1n) is 5.74. The molecule has 4 nitrogen and oxygen atoms in total. The summed E-state index contributed by atoms with van der Waals surface area (Å²) in [4.78, 5) is 11.5. The maximum Gasteiger partial charge on any atom is 0.338 e. The summed E-state index contributed by atoms with van der Waals surface area (Å²) >= 11 is 0. The summed E-state index contributed by atoms with van der Waals surface area (Å²) < 4.78 is 4.71. The van der Waals surface area contributed by atoms with Crippen LogP contribution < -0.4 is 5.32 Å². The Kier molecular flexibility index (Phi) is 5.66. The second-order valence-electron chi connectivity index (χ2n) is 3.84. The molecule has 1 aromatic carbocycles. The van der Waals surface area contributed by atoms with Gasteiger partial charge in [-0.05, 0) is 18.1 Å². The van der Waals surface area contributed by atoms with Crippen LogP contribution in [-0.2, 0) is 11.3 Å². The number of carbonyl (C=O) groups is 1. The molecule has 0 saturated carbocycles. The van der Waals surface area contributed by atoms with Crippen LogP contribution in [0.15, 0.2) is 24.3 Å². The van der Waals surface area contributed by atoms with Gasteiger partial charge in [-0.2, -0.15) is 0 Å². The molecule has 1 atom stereocenters. The van der Waals surface area contributed by atoms with Crippen molar-refractivity contribution < 1.29 is 14.6 Å². The van der Waals surface area contributed by atoms with Crippen LogP contribution in [0.5, 0.6) is 0 Å². The summed E-state index contributed by atoms with van der Waals surface area (Å²) in [6.45, 7) is 2.99. The summed E-state index contributed by atoms with van der Waals surface area (Å²) in [7, 11) is 1.37. The Labute approximate surface area is 102 Å². The lowest BCUT2D eigenvalue weighted by atomic mass is 10.1. The van der Waals surface area contributed by atoms with E-state index < -0.39 is 0 Å². The molecule has 17 heavy (non-hydrogen) atoms. The van der Waals surface area contributed by atoms with Crippen LogP contribution in [-0.4, -0.2) is 30.8 Å². The quantitative estimate of drug-likeness (QED) is 0.733. The normalized spacial score (nSPS) is 12.2. The lowest BCUT2D eigenvalue weighted by Crippen LogP contribution is -2.26. The molecule has 0 fully saturated rings. The minimum absolute atomic E-state index is 0.335. The van der Waals surface area contributed by atoms with Gasteiger partial charge in [0, 0.05) is 13.1 Å². The smallest absolute Gasteiger partial charge is 0.338 e. The molecule has 0 amide bonds. The second-order valence-corrected chi connectivity index (χ2v) is 3.84. The molecule has 94 valence electrons. The van der Waals surface area contributed by atoms with Gasteiger partial charge in [0.1, 0.15) is 0 Å². The number of hydrogen-bond donors (Lipinski definition) is 2. The van der Waals surface area contributed by atoms with Gasteiger partial charge in [0.25, 0.3) is 0 Å². The van der Waals surface area contributed by atoms with Crippen molar-refractivity contribution in [1.29, 1.82) is 0 Å². The van der Waals surface area contributed by atoms with Gasteiger partial charge in [-0.3, -0.25) is 0 Å². The summed E-state index contributed by atoms with van der Waals surface area (Å²) in [6, 6.07) is 7.28. The predicted octanol–water partition coefficient (Wildman–Crippen LogP) is 1.33. The molecule has 0 aliphatic rings. The number of nitrogens with one attached hydrogen (secondary N) is 1. The second kappa shape index (κ2) is 7.04. The zero-order chi connectivity index (χ0) is 12.7. The fourth-order valence-electron chi connectivity index (χ4n) is 1.50. The predicted molar refractivity (Wildman–Crippen MR) is 65.8 cm³/mol. The molecule has 0 saturated heterocycles. The van der Waals surface area contributed by atoms with E-state index in [1.165, 1.54) is 7.11 Å². The van der Waals surface area contributed by atoms with Crippen molar-refractivity contribution in [3.05, 3.63) is 35.4 Å². The summed E-state index contributed by atoms with van der Waals surface area (Å²) in [5.41, 5.74) is 1.44. The van der Waals surface area contributed by atoms with Crippen LogP contribution in [0.4, 0.5) is 0 Å². The van der Waals surface area contributed by atoms with Crippen LogP contribution in [0.1, 0.15) is 29.3 Å². The minimum atomic E-state index is -0.347. The van der Waals surface area contributed by atoms with Crippen molar-refractivity contribution in [3.63, 3.8) is 0 Å². The number of carbonyl (C=O) groups excluding carboxylic acids is 1. The van der Waals surface area contributed by atoms with Crippen LogP contribution >= 0.6 is 0 Å². The molecular weight excluding hydrogens is 218 g/mol. The standard InChI is InChI=1S/C13H19NO3/c1-3-11(15)9-14-8-10-6-4-5-7-12(10)13(16)17-2/h4-7,11,14-15H,3,8-9H2,1-2H3. The maximum atomic E-state index is 11.5. The van der Waals surface area contributed by atoms with Crippen molar-refractivity contribution in [2.45, 2.75) is 26.0 Å². The lowest BCUT2D eigenvalue weighted by molar-refractivity contribution is 0.0599. The zero-order valence-corrected chi connectivity index (χ0v) is 10.3. The van der Waals surface area contributed by atoms with Gasteiger partial charge in [-0.25, -0.2) is 4.79 Å². The number of aliphatic hydroxyl groups is 1. The highest BCUT2D eigenvalue weighted by Crippen LogP contribution is 2.09. The average molecular weight is 237 g/mol. The highest BCUT2D eigenvalue weighted by atomic mass is 16.5. The van der Waals surface area contributed by atoms with Gasteiger partial charge in [0.2, 0.25) is 0 Å². The van der Waals surface area contributed by atoms with Crippen LogP contribution in [0.2, 0.25) is 0 Å². The molecule has 0 spiro atoms. The number of rotatable bonds is 6. The lowest BCUT2D eigenvalue weighted by Gasteiger charge is -2.11. The molecule has 4 heteroatoms. The van der Waals surface area contributed by atoms with E-state index in [9.17, 15) is 9.90 Å². The highest BCUT2D eigenvalue weighted by molar-refractivity contribution is 5.90. The van der Waals surface area contributed by atoms with E-state index in [-0.39, 0.29) is 12.1 Å².